The largest absolute Gasteiger partial charge is 0.396 e. The third-order valence-electron chi connectivity index (χ3n) is 3.71. The standard InChI is InChI=1S/C14H19N5O3/c15-14-17-12-11(13(21)18-14)16-8-19(12)9-3-4-10(7-9)22-6-2-1-5-20/h3-4,8-10,20H,1-2,5-7H2,(H3,15,17,18,21). The molecule has 22 heavy (non-hydrogen) atoms. The Morgan fingerprint density at radius 3 is 3.14 bits per heavy atom. The van der Waals surface area contributed by atoms with Crippen LogP contribution in [0.2, 0.25) is 0 Å². The molecule has 0 spiro atoms. The lowest BCUT2D eigenvalue weighted by Crippen LogP contribution is -2.15. The van der Waals surface area contributed by atoms with E-state index < -0.39 is 0 Å². The van der Waals surface area contributed by atoms with Crippen LogP contribution in [0.25, 0.3) is 11.2 Å². The number of nitrogens with zero attached hydrogens (tertiary/aromatic N) is 3. The van der Waals surface area contributed by atoms with Crippen LogP contribution in [0.3, 0.4) is 0 Å². The minimum atomic E-state index is -0.333. The van der Waals surface area contributed by atoms with E-state index in [1.54, 1.807) is 6.33 Å². The molecule has 2 aromatic heterocycles. The fourth-order valence-electron chi connectivity index (χ4n) is 2.61. The van der Waals surface area contributed by atoms with E-state index >= 15 is 0 Å². The monoisotopic (exact) mass is 305 g/mol. The summed E-state index contributed by atoms with van der Waals surface area (Å²) in [6, 6.07) is 0.0431. The summed E-state index contributed by atoms with van der Waals surface area (Å²) < 4.78 is 7.59. The van der Waals surface area contributed by atoms with E-state index in [1.807, 2.05) is 16.7 Å². The summed E-state index contributed by atoms with van der Waals surface area (Å²) in [4.78, 5) is 22.5. The molecule has 0 fully saturated rings. The van der Waals surface area contributed by atoms with Gasteiger partial charge in [0.15, 0.2) is 11.2 Å². The average molecular weight is 305 g/mol. The minimum absolute atomic E-state index is 0.0282. The van der Waals surface area contributed by atoms with Gasteiger partial charge in [0.1, 0.15) is 0 Å². The molecule has 1 aliphatic carbocycles. The Balaban J connectivity index is 1.71. The van der Waals surface area contributed by atoms with Crippen molar-refractivity contribution < 1.29 is 9.84 Å². The van der Waals surface area contributed by atoms with E-state index in [0.717, 1.165) is 19.3 Å². The molecular formula is C14H19N5O3. The van der Waals surface area contributed by atoms with Gasteiger partial charge in [-0.3, -0.25) is 9.78 Å². The predicted molar refractivity (Wildman–Crippen MR) is 81.4 cm³/mol. The highest BCUT2D eigenvalue weighted by atomic mass is 16.5. The van der Waals surface area contributed by atoms with Crippen molar-refractivity contribution in [2.45, 2.75) is 31.4 Å². The maximum Gasteiger partial charge on any atom is 0.280 e. The number of nitrogens with one attached hydrogen (secondary N) is 1. The van der Waals surface area contributed by atoms with Gasteiger partial charge in [-0.05, 0) is 12.8 Å². The van der Waals surface area contributed by atoms with Gasteiger partial charge in [0.25, 0.3) is 5.56 Å². The Morgan fingerprint density at radius 2 is 2.32 bits per heavy atom. The number of aromatic amines is 1. The van der Waals surface area contributed by atoms with E-state index in [1.165, 1.54) is 0 Å². The molecule has 2 atom stereocenters. The molecule has 0 aromatic carbocycles. The second-order valence-electron chi connectivity index (χ2n) is 5.30. The highest BCUT2D eigenvalue weighted by molar-refractivity contribution is 5.70. The highest BCUT2D eigenvalue weighted by Crippen LogP contribution is 2.27. The van der Waals surface area contributed by atoms with Crippen molar-refractivity contribution in [3.05, 3.63) is 28.8 Å². The van der Waals surface area contributed by atoms with Gasteiger partial charge in [-0.15, -0.1) is 0 Å². The Labute approximate surface area is 126 Å². The van der Waals surface area contributed by atoms with Gasteiger partial charge in [-0.2, -0.15) is 4.98 Å². The fraction of sp³-hybridized carbons (Fsp3) is 0.500. The zero-order valence-corrected chi connectivity index (χ0v) is 12.1. The van der Waals surface area contributed by atoms with Crippen molar-refractivity contribution in [1.82, 2.24) is 19.5 Å². The van der Waals surface area contributed by atoms with Crippen LogP contribution < -0.4 is 11.3 Å². The number of fused-ring (bicyclic) bond motifs is 1. The van der Waals surface area contributed by atoms with E-state index in [9.17, 15) is 4.79 Å². The zero-order valence-electron chi connectivity index (χ0n) is 12.1. The normalized spacial score (nSPS) is 21.0. The van der Waals surface area contributed by atoms with Crippen LogP contribution in [0.5, 0.6) is 0 Å². The molecule has 8 nitrogen and oxygen atoms in total. The zero-order chi connectivity index (χ0) is 15.5. The second-order valence-corrected chi connectivity index (χ2v) is 5.30. The Kier molecular flexibility index (Phi) is 4.21. The SMILES string of the molecule is Nc1nc2c(ncn2C2C=CC(OCCCCO)C2)c(=O)[nH]1. The maximum atomic E-state index is 11.8. The molecule has 0 amide bonds. The summed E-state index contributed by atoms with van der Waals surface area (Å²) in [6.45, 7) is 0.812. The third-order valence-corrected chi connectivity index (χ3v) is 3.71. The summed E-state index contributed by atoms with van der Waals surface area (Å²) in [7, 11) is 0. The molecule has 8 heteroatoms. The number of unbranched alkanes of at least 4 members (excludes halogenated alkanes) is 1. The van der Waals surface area contributed by atoms with Crippen molar-refractivity contribution in [2.24, 2.45) is 0 Å². The van der Waals surface area contributed by atoms with Crippen molar-refractivity contribution in [1.29, 1.82) is 0 Å². The minimum Gasteiger partial charge on any atom is -0.396 e. The van der Waals surface area contributed by atoms with Gasteiger partial charge in [0.05, 0.1) is 18.5 Å². The number of nitrogen functional groups attached to an aromatic ring is 1. The molecule has 0 saturated heterocycles. The first-order valence-electron chi connectivity index (χ1n) is 7.32. The number of anilines is 1. The van der Waals surface area contributed by atoms with Crippen molar-refractivity contribution in [3.63, 3.8) is 0 Å². The van der Waals surface area contributed by atoms with Gasteiger partial charge in [-0.25, -0.2) is 4.98 Å². The van der Waals surface area contributed by atoms with Crippen LogP contribution in [0.1, 0.15) is 25.3 Å². The van der Waals surface area contributed by atoms with Crippen molar-refractivity contribution >= 4 is 17.1 Å². The van der Waals surface area contributed by atoms with Gasteiger partial charge in [-0.1, -0.05) is 12.2 Å². The molecule has 0 radical (unpaired) electrons. The van der Waals surface area contributed by atoms with Crippen LogP contribution in [0.15, 0.2) is 23.3 Å². The first kappa shape index (κ1) is 14.7. The van der Waals surface area contributed by atoms with Crippen LogP contribution in [-0.4, -0.2) is 43.9 Å². The smallest absolute Gasteiger partial charge is 0.280 e. The van der Waals surface area contributed by atoms with Crippen molar-refractivity contribution in [3.8, 4) is 0 Å². The van der Waals surface area contributed by atoms with Gasteiger partial charge < -0.3 is 20.1 Å². The van der Waals surface area contributed by atoms with Crippen LogP contribution in [-0.2, 0) is 4.74 Å². The van der Waals surface area contributed by atoms with Gasteiger partial charge in [0, 0.05) is 19.6 Å². The summed E-state index contributed by atoms with van der Waals surface area (Å²) >= 11 is 0. The molecule has 2 unspecified atom stereocenters. The first-order valence-corrected chi connectivity index (χ1v) is 7.32. The molecular weight excluding hydrogens is 286 g/mol. The summed E-state index contributed by atoms with van der Waals surface area (Å²) in [5, 5.41) is 8.75. The molecule has 3 rings (SSSR count). The highest BCUT2D eigenvalue weighted by Gasteiger charge is 2.23. The van der Waals surface area contributed by atoms with Crippen LogP contribution >= 0.6 is 0 Å². The molecule has 2 aromatic rings. The lowest BCUT2D eigenvalue weighted by atomic mass is 10.2. The molecule has 4 N–H and O–H groups in total. The summed E-state index contributed by atoms with van der Waals surface area (Å²) in [5.74, 6) is 0.0815. The first-order chi connectivity index (χ1) is 10.7. The fourth-order valence-corrected chi connectivity index (χ4v) is 2.61. The lowest BCUT2D eigenvalue weighted by molar-refractivity contribution is 0.0744. The van der Waals surface area contributed by atoms with Crippen LogP contribution in [0, 0.1) is 0 Å². The molecule has 0 saturated carbocycles. The Morgan fingerprint density at radius 1 is 1.45 bits per heavy atom. The number of hydrogen-bond acceptors (Lipinski definition) is 6. The number of allylic oxidation sites excluding steroid dienone is 1. The third kappa shape index (κ3) is 2.88. The summed E-state index contributed by atoms with van der Waals surface area (Å²) in [5.41, 5.74) is 6.04. The number of imidazole rings is 1. The second kappa shape index (κ2) is 6.29. The van der Waals surface area contributed by atoms with Crippen LogP contribution in [0.4, 0.5) is 5.95 Å². The molecule has 1 aliphatic rings. The van der Waals surface area contributed by atoms with Gasteiger partial charge >= 0.3 is 0 Å². The molecule has 0 bridgehead atoms. The lowest BCUT2D eigenvalue weighted by Gasteiger charge is -2.14. The van der Waals surface area contributed by atoms with E-state index in [2.05, 4.69) is 15.0 Å². The van der Waals surface area contributed by atoms with E-state index in [4.69, 9.17) is 15.6 Å². The number of hydrogen-bond donors (Lipinski definition) is 3. The Hall–Kier alpha value is -2.19. The molecule has 2 heterocycles. The molecule has 0 aliphatic heterocycles. The van der Waals surface area contributed by atoms with Gasteiger partial charge in [0.2, 0.25) is 5.95 Å². The van der Waals surface area contributed by atoms with Crippen molar-refractivity contribution in [2.75, 3.05) is 18.9 Å². The van der Waals surface area contributed by atoms with E-state index in [-0.39, 0.29) is 35.8 Å². The topological polar surface area (TPSA) is 119 Å². The van der Waals surface area contributed by atoms with E-state index in [0.29, 0.717) is 12.3 Å². The number of ether oxygens (including phenoxy) is 1. The number of H-pyrrole nitrogens is 1. The number of rotatable bonds is 6. The number of aromatic nitrogens is 4. The quantitative estimate of drug-likeness (QED) is 0.523. The number of nitrogens with two attached hydrogens (primary N) is 1. The summed E-state index contributed by atoms with van der Waals surface area (Å²) in [6.07, 6.45) is 8.02. The predicted octanol–water partition coefficient (Wildman–Crippen LogP) is 0.360. The molecule has 118 valence electrons. The number of aliphatic hydroxyl groups is 1. The Bertz CT molecular complexity index is 736. The average Bonchev–Trinajstić information content (AvgIpc) is 3.10. The maximum absolute atomic E-state index is 11.8. The number of aliphatic hydroxyl groups excluding tert-OH is 1.